The lowest BCUT2D eigenvalue weighted by molar-refractivity contribution is 0.000121. The summed E-state index contributed by atoms with van der Waals surface area (Å²) in [5, 5.41) is 39.6. The minimum Gasteiger partial charge on any atom is -0.507 e. The van der Waals surface area contributed by atoms with Crippen molar-refractivity contribution >= 4 is 11.6 Å². The molecular weight excluding hydrogens is 472 g/mol. The van der Waals surface area contributed by atoms with Gasteiger partial charge >= 0.3 is 0 Å². The highest BCUT2D eigenvalue weighted by molar-refractivity contribution is 6.00. The van der Waals surface area contributed by atoms with Gasteiger partial charge in [-0.15, -0.1) is 0 Å². The van der Waals surface area contributed by atoms with Crippen molar-refractivity contribution in [3.05, 3.63) is 47.5 Å². The maximum absolute atomic E-state index is 11.6. The van der Waals surface area contributed by atoms with E-state index in [1.165, 1.54) is 26.0 Å². The van der Waals surface area contributed by atoms with Gasteiger partial charge in [-0.3, -0.25) is 9.59 Å². The summed E-state index contributed by atoms with van der Waals surface area (Å²) in [5.41, 5.74) is 0.143. The predicted molar refractivity (Wildman–Crippen MR) is 130 cm³/mol. The molecule has 2 unspecified atom stereocenters. The fourth-order valence-electron chi connectivity index (χ4n) is 3.30. The van der Waals surface area contributed by atoms with E-state index in [4.69, 9.17) is 18.9 Å². The molecule has 0 saturated carbocycles. The molecule has 2 aromatic rings. The Morgan fingerprint density at radius 2 is 1.08 bits per heavy atom. The van der Waals surface area contributed by atoms with Crippen molar-refractivity contribution in [3.63, 3.8) is 0 Å². The average molecular weight is 507 g/mol. The van der Waals surface area contributed by atoms with Crippen LogP contribution < -0.4 is 9.47 Å². The van der Waals surface area contributed by atoms with Crippen LogP contribution in [0.1, 0.15) is 47.4 Å². The van der Waals surface area contributed by atoms with Crippen molar-refractivity contribution in [1.29, 1.82) is 0 Å². The molecule has 0 aliphatic rings. The quantitative estimate of drug-likeness (QED) is 0.186. The third-order valence-electron chi connectivity index (χ3n) is 5.02. The largest absolute Gasteiger partial charge is 0.507 e. The van der Waals surface area contributed by atoms with E-state index < -0.39 is 12.2 Å². The lowest BCUT2D eigenvalue weighted by Gasteiger charge is -2.15. The van der Waals surface area contributed by atoms with Gasteiger partial charge in [-0.25, -0.2) is 0 Å². The molecule has 0 aliphatic heterocycles. The Bertz CT molecular complexity index is 911. The highest BCUT2D eigenvalue weighted by atomic mass is 16.5. The summed E-state index contributed by atoms with van der Waals surface area (Å²) < 4.78 is 21.7. The van der Waals surface area contributed by atoms with Crippen molar-refractivity contribution in [2.75, 3.05) is 39.6 Å². The molecule has 198 valence electrons. The predicted octanol–water partition coefficient (Wildman–Crippen LogP) is 2.50. The second-order valence-corrected chi connectivity index (χ2v) is 8.20. The zero-order valence-electron chi connectivity index (χ0n) is 20.5. The van der Waals surface area contributed by atoms with Gasteiger partial charge in [0.15, 0.2) is 11.6 Å². The monoisotopic (exact) mass is 506 g/mol. The Balaban J connectivity index is 1.54. The minimum absolute atomic E-state index is 0.0441. The lowest BCUT2D eigenvalue weighted by atomic mass is 10.1. The summed E-state index contributed by atoms with van der Waals surface area (Å²) in [6.45, 7) is 3.33. The van der Waals surface area contributed by atoms with Crippen LogP contribution in [0, 0.1) is 0 Å². The smallest absolute Gasteiger partial charge is 0.167 e. The van der Waals surface area contributed by atoms with Gasteiger partial charge < -0.3 is 39.4 Å². The maximum atomic E-state index is 11.6. The summed E-state index contributed by atoms with van der Waals surface area (Å²) in [5.74, 6) is -0.623. The normalized spacial score (nSPS) is 12.7. The number of hydrogen-bond acceptors (Lipinski definition) is 10. The zero-order chi connectivity index (χ0) is 26.5. The molecule has 10 heteroatoms. The molecule has 36 heavy (non-hydrogen) atoms. The highest BCUT2D eigenvalue weighted by Crippen LogP contribution is 2.29. The summed E-state index contributed by atoms with van der Waals surface area (Å²) in [7, 11) is 0. The number of aliphatic hydroxyl groups is 2. The number of aliphatic hydroxyl groups excluding tert-OH is 2. The number of ketones is 2. The van der Waals surface area contributed by atoms with Crippen LogP contribution >= 0.6 is 0 Å². The van der Waals surface area contributed by atoms with Crippen molar-refractivity contribution in [1.82, 2.24) is 0 Å². The van der Waals surface area contributed by atoms with Gasteiger partial charge in [-0.1, -0.05) is 12.1 Å². The first kappa shape index (κ1) is 29.1. The lowest BCUT2D eigenvalue weighted by Crippen LogP contribution is -2.24. The topological polar surface area (TPSA) is 152 Å². The number of rotatable bonds is 17. The van der Waals surface area contributed by atoms with Crippen molar-refractivity contribution in [2.45, 2.75) is 38.9 Å². The molecule has 0 amide bonds. The van der Waals surface area contributed by atoms with Crippen molar-refractivity contribution < 1.29 is 49.0 Å². The second kappa shape index (κ2) is 15.0. The number of carbonyl (C=O) groups is 2. The van der Waals surface area contributed by atoms with Crippen LogP contribution in [0.2, 0.25) is 0 Å². The molecule has 2 rings (SSSR count). The second-order valence-electron chi connectivity index (χ2n) is 8.20. The first-order chi connectivity index (χ1) is 17.2. The first-order valence-corrected chi connectivity index (χ1v) is 11.6. The van der Waals surface area contributed by atoms with Crippen LogP contribution in [0.15, 0.2) is 36.4 Å². The van der Waals surface area contributed by atoms with E-state index in [0.29, 0.717) is 26.1 Å². The van der Waals surface area contributed by atoms with E-state index in [1.807, 2.05) is 0 Å². The molecule has 0 bridgehead atoms. The number of benzene rings is 2. The molecule has 2 aromatic carbocycles. The third kappa shape index (κ3) is 9.46. The molecule has 2 atom stereocenters. The van der Waals surface area contributed by atoms with E-state index in [-0.39, 0.29) is 72.1 Å². The Morgan fingerprint density at radius 1 is 0.694 bits per heavy atom. The van der Waals surface area contributed by atoms with E-state index in [0.717, 1.165) is 0 Å². The van der Waals surface area contributed by atoms with Gasteiger partial charge in [0.05, 0.1) is 13.2 Å². The number of phenols is 2. The zero-order valence-corrected chi connectivity index (χ0v) is 20.5. The first-order valence-electron chi connectivity index (χ1n) is 11.6. The SMILES string of the molecule is CC(=O)c1c(O)cccc1OCC(O)COCCCCOCC(O)COc1cccc(O)c1C(C)=O. The summed E-state index contributed by atoms with van der Waals surface area (Å²) in [6.07, 6.45) is -0.471. The third-order valence-corrected chi connectivity index (χ3v) is 5.02. The molecule has 0 heterocycles. The van der Waals surface area contributed by atoms with Gasteiger partial charge in [0.25, 0.3) is 0 Å². The molecule has 0 spiro atoms. The Labute approximate surface area is 210 Å². The van der Waals surface area contributed by atoms with Gasteiger partial charge in [-0.2, -0.15) is 0 Å². The Hall–Kier alpha value is -3.18. The van der Waals surface area contributed by atoms with Crippen molar-refractivity contribution in [2.24, 2.45) is 0 Å². The van der Waals surface area contributed by atoms with Crippen LogP contribution in [0.4, 0.5) is 0 Å². The molecule has 0 radical (unpaired) electrons. The molecule has 10 nitrogen and oxygen atoms in total. The fourth-order valence-corrected chi connectivity index (χ4v) is 3.30. The number of Topliss-reactive ketones (excluding diaryl/α,β-unsaturated/α-hetero) is 2. The van der Waals surface area contributed by atoms with E-state index in [9.17, 15) is 30.0 Å². The molecule has 0 aliphatic carbocycles. The van der Waals surface area contributed by atoms with Crippen LogP contribution in [0.5, 0.6) is 23.0 Å². The van der Waals surface area contributed by atoms with Crippen LogP contribution in [0.3, 0.4) is 0 Å². The number of carbonyl (C=O) groups excluding carboxylic acids is 2. The Morgan fingerprint density at radius 3 is 1.44 bits per heavy atom. The number of aromatic hydroxyl groups is 2. The van der Waals surface area contributed by atoms with E-state index in [2.05, 4.69) is 0 Å². The molecule has 0 saturated heterocycles. The molecule has 4 N–H and O–H groups in total. The van der Waals surface area contributed by atoms with Gasteiger partial charge in [-0.05, 0) is 51.0 Å². The van der Waals surface area contributed by atoms with Crippen LogP contribution in [-0.4, -0.2) is 83.8 Å². The van der Waals surface area contributed by atoms with Crippen LogP contribution in [0.25, 0.3) is 0 Å². The summed E-state index contributed by atoms with van der Waals surface area (Å²) in [6, 6.07) is 8.97. The van der Waals surface area contributed by atoms with E-state index in [1.54, 1.807) is 24.3 Å². The van der Waals surface area contributed by atoms with Gasteiger partial charge in [0, 0.05) is 13.2 Å². The van der Waals surface area contributed by atoms with E-state index >= 15 is 0 Å². The number of unbranched alkanes of at least 4 members (excludes halogenated alkanes) is 1. The Kier molecular flexibility index (Phi) is 12.1. The summed E-state index contributed by atoms with van der Waals surface area (Å²) in [4.78, 5) is 23.3. The van der Waals surface area contributed by atoms with Gasteiger partial charge in [0.1, 0.15) is 59.5 Å². The number of ether oxygens (including phenoxy) is 4. The number of hydrogen-bond donors (Lipinski definition) is 4. The fraction of sp³-hybridized carbons (Fsp3) is 0.462. The summed E-state index contributed by atoms with van der Waals surface area (Å²) >= 11 is 0. The van der Waals surface area contributed by atoms with Gasteiger partial charge in [0.2, 0.25) is 0 Å². The highest BCUT2D eigenvalue weighted by Gasteiger charge is 2.16. The molecule has 0 fully saturated rings. The van der Waals surface area contributed by atoms with Crippen LogP contribution in [-0.2, 0) is 9.47 Å². The number of phenolic OH excluding ortho intramolecular Hbond substituents is 2. The maximum Gasteiger partial charge on any atom is 0.167 e. The van der Waals surface area contributed by atoms with Crippen molar-refractivity contribution in [3.8, 4) is 23.0 Å². The molecular formula is C26H34O10. The average Bonchev–Trinajstić information content (AvgIpc) is 2.82. The minimum atomic E-state index is -0.909. The molecule has 0 aromatic heterocycles. The standard InChI is InChI=1S/C26H34O10/c1-17(27)25-21(31)7-5-9-23(25)35-15-19(29)13-33-11-3-4-12-34-14-20(30)16-36-24-10-6-8-22(32)26(24)18(2)28/h5-10,19-20,29-32H,3-4,11-16H2,1-2H3.